The molecule has 1 fully saturated rings. The molecule has 1 aromatic rings. The largest absolute Gasteiger partial charge is 0.508 e. The van der Waals surface area contributed by atoms with Crippen molar-refractivity contribution < 1.29 is 19.7 Å². The van der Waals surface area contributed by atoms with Crippen LogP contribution in [-0.4, -0.2) is 46.9 Å². The molecule has 1 aliphatic heterocycles. The third-order valence-electron chi connectivity index (χ3n) is 3.27. The summed E-state index contributed by atoms with van der Waals surface area (Å²) in [5.74, 6) is -0.704. The van der Waals surface area contributed by atoms with Crippen LogP contribution in [0.25, 0.3) is 0 Å². The maximum atomic E-state index is 10.9. The van der Waals surface area contributed by atoms with Gasteiger partial charge in [-0.1, -0.05) is 12.1 Å². The van der Waals surface area contributed by atoms with Crippen molar-refractivity contribution in [3.8, 4) is 5.75 Å². The topological polar surface area (TPSA) is 70.0 Å². The van der Waals surface area contributed by atoms with E-state index < -0.39 is 12.1 Å². The van der Waals surface area contributed by atoms with Crippen LogP contribution in [0.5, 0.6) is 5.75 Å². The van der Waals surface area contributed by atoms with E-state index in [1.54, 1.807) is 18.2 Å². The number of carboxylic acid groups (broad SMARTS) is 1. The van der Waals surface area contributed by atoms with Gasteiger partial charge in [0.25, 0.3) is 0 Å². The van der Waals surface area contributed by atoms with Crippen molar-refractivity contribution in [1.29, 1.82) is 0 Å². The van der Waals surface area contributed by atoms with Crippen molar-refractivity contribution in [2.45, 2.75) is 19.1 Å². The minimum Gasteiger partial charge on any atom is -0.508 e. The van der Waals surface area contributed by atoms with Crippen molar-refractivity contribution in [2.24, 2.45) is 0 Å². The molecule has 1 heterocycles. The van der Waals surface area contributed by atoms with Gasteiger partial charge in [-0.3, -0.25) is 4.90 Å². The molecule has 1 aromatic carbocycles. The first-order valence-electron chi connectivity index (χ1n) is 5.95. The minimum absolute atomic E-state index is 0.0582. The van der Waals surface area contributed by atoms with Crippen molar-refractivity contribution in [2.75, 3.05) is 19.7 Å². The van der Waals surface area contributed by atoms with Gasteiger partial charge in [-0.15, -0.1) is 0 Å². The third kappa shape index (κ3) is 2.80. The van der Waals surface area contributed by atoms with E-state index >= 15 is 0 Å². The summed E-state index contributed by atoms with van der Waals surface area (Å²) in [6.07, 6.45) is -0.765. The number of hydrogen-bond donors (Lipinski definition) is 2. The summed E-state index contributed by atoms with van der Waals surface area (Å²) in [6, 6.07) is 7.10. The Morgan fingerprint density at radius 3 is 3.00 bits per heavy atom. The summed E-state index contributed by atoms with van der Waals surface area (Å²) in [5.41, 5.74) is 0.973. The quantitative estimate of drug-likeness (QED) is 0.845. The van der Waals surface area contributed by atoms with E-state index in [1.165, 1.54) is 0 Å². The number of ether oxygens (including phenoxy) is 1. The Balaban J connectivity index is 2.09. The van der Waals surface area contributed by atoms with E-state index in [0.29, 0.717) is 19.7 Å². The summed E-state index contributed by atoms with van der Waals surface area (Å²) in [5, 5.41) is 18.4. The molecule has 2 unspecified atom stereocenters. The van der Waals surface area contributed by atoms with Gasteiger partial charge in [-0.25, -0.2) is 4.79 Å². The van der Waals surface area contributed by atoms with Gasteiger partial charge in [-0.05, 0) is 24.6 Å². The molecule has 5 nitrogen and oxygen atoms in total. The molecular weight excluding hydrogens is 234 g/mol. The van der Waals surface area contributed by atoms with Gasteiger partial charge in [0.15, 0.2) is 6.10 Å². The molecule has 5 heteroatoms. The first-order chi connectivity index (χ1) is 8.58. The summed E-state index contributed by atoms with van der Waals surface area (Å²) < 4.78 is 5.19. The van der Waals surface area contributed by atoms with Crippen LogP contribution in [0.3, 0.4) is 0 Å². The maximum absolute atomic E-state index is 10.9. The summed E-state index contributed by atoms with van der Waals surface area (Å²) in [6.45, 7) is 3.48. The molecule has 2 rings (SSSR count). The Labute approximate surface area is 106 Å². The fourth-order valence-electron chi connectivity index (χ4n) is 2.17. The number of phenols is 1. The molecule has 98 valence electrons. The highest BCUT2D eigenvalue weighted by Crippen LogP contribution is 2.25. The van der Waals surface area contributed by atoms with Gasteiger partial charge in [-0.2, -0.15) is 0 Å². The number of rotatable bonds is 3. The highest BCUT2D eigenvalue weighted by atomic mass is 16.5. The van der Waals surface area contributed by atoms with Crippen LogP contribution < -0.4 is 0 Å². The fraction of sp³-hybridized carbons (Fsp3) is 0.462. The lowest BCUT2D eigenvalue weighted by Gasteiger charge is -2.35. The smallest absolute Gasteiger partial charge is 0.334 e. The number of aromatic hydroxyl groups is 1. The van der Waals surface area contributed by atoms with E-state index in [-0.39, 0.29) is 11.8 Å². The standard InChI is InChI=1S/C13H17NO4/c1-9(10-3-2-4-11(15)7-10)14-5-6-18-12(8-14)13(16)17/h2-4,7,9,12,15H,5-6,8H2,1H3,(H,16,17). The van der Waals surface area contributed by atoms with Gasteiger partial charge in [0.2, 0.25) is 0 Å². The Morgan fingerprint density at radius 2 is 2.33 bits per heavy atom. The van der Waals surface area contributed by atoms with Gasteiger partial charge in [0.1, 0.15) is 5.75 Å². The molecule has 0 spiro atoms. The monoisotopic (exact) mass is 251 g/mol. The molecular formula is C13H17NO4. The number of phenolic OH excluding ortho intramolecular Hbond substituents is 1. The molecule has 1 saturated heterocycles. The second kappa shape index (κ2) is 5.37. The zero-order valence-electron chi connectivity index (χ0n) is 10.2. The number of hydrogen-bond acceptors (Lipinski definition) is 4. The molecule has 0 amide bonds. The van der Waals surface area contributed by atoms with Gasteiger partial charge in [0.05, 0.1) is 6.61 Å². The molecule has 0 bridgehead atoms. The van der Waals surface area contributed by atoms with Crippen molar-refractivity contribution >= 4 is 5.97 Å². The van der Waals surface area contributed by atoms with Crippen LogP contribution in [0.2, 0.25) is 0 Å². The van der Waals surface area contributed by atoms with E-state index in [4.69, 9.17) is 9.84 Å². The zero-order valence-corrected chi connectivity index (χ0v) is 10.2. The molecule has 0 aromatic heterocycles. The van der Waals surface area contributed by atoms with Crippen LogP contribution in [0.15, 0.2) is 24.3 Å². The lowest BCUT2D eigenvalue weighted by Crippen LogP contribution is -2.46. The summed E-state index contributed by atoms with van der Waals surface area (Å²) in [4.78, 5) is 13.0. The number of carboxylic acids is 1. The highest BCUT2D eigenvalue weighted by Gasteiger charge is 2.29. The Kier molecular flexibility index (Phi) is 3.84. The lowest BCUT2D eigenvalue weighted by molar-refractivity contribution is -0.157. The van der Waals surface area contributed by atoms with Crippen molar-refractivity contribution in [3.05, 3.63) is 29.8 Å². The predicted molar refractivity (Wildman–Crippen MR) is 65.5 cm³/mol. The molecule has 0 saturated carbocycles. The van der Waals surface area contributed by atoms with Gasteiger partial charge < -0.3 is 14.9 Å². The SMILES string of the molecule is CC(c1cccc(O)c1)N1CCOC(C(=O)O)C1. The first-order valence-corrected chi connectivity index (χ1v) is 5.95. The Bertz CT molecular complexity index is 435. The van der Waals surface area contributed by atoms with Crippen LogP contribution in [0, 0.1) is 0 Å². The number of carbonyl (C=O) groups is 1. The average molecular weight is 251 g/mol. The third-order valence-corrected chi connectivity index (χ3v) is 3.27. The molecule has 2 N–H and O–H groups in total. The second-order valence-corrected chi connectivity index (χ2v) is 4.46. The predicted octanol–water partition coefficient (Wildman–Crippen LogP) is 1.24. The normalized spacial score (nSPS) is 22.6. The van der Waals surface area contributed by atoms with Crippen LogP contribution in [0.4, 0.5) is 0 Å². The van der Waals surface area contributed by atoms with Crippen LogP contribution in [-0.2, 0) is 9.53 Å². The maximum Gasteiger partial charge on any atom is 0.334 e. The summed E-state index contributed by atoms with van der Waals surface area (Å²) in [7, 11) is 0. The van der Waals surface area contributed by atoms with Gasteiger partial charge >= 0.3 is 5.97 Å². The number of aliphatic carboxylic acids is 1. The summed E-state index contributed by atoms with van der Waals surface area (Å²) >= 11 is 0. The van der Waals surface area contributed by atoms with Gasteiger partial charge in [0, 0.05) is 19.1 Å². The van der Waals surface area contributed by atoms with E-state index in [2.05, 4.69) is 4.90 Å². The molecule has 18 heavy (non-hydrogen) atoms. The fourth-order valence-corrected chi connectivity index (χ4v) is 2.17. The van der Waals surface area contributed by atoms with E-state index in [0.717, 1.165) is 5.56 Å². The lowest BCUT2D eigenvalue weighted by atomic mass is 10.1. The Morgan fingerprint density at radius 1 is 1.56 bits per heavy atom. The van der Waals surface area contributed by atoms with Crippen molar-refractivity contribution in [3.63, 3.8) is 0 Å². The van der Waals surface area contributed by atoms with Crippen molar-refractivity contribution in [1.82, 2.24) is 4.90 Å². The highest BCUT2D eigenvalue weighted by molar-refractivity contribution is 5.72. The first kappa shape index (κ1) is 12.9. The molecule has 1 aliphatic rings. The molecule has 0 aliphatic carbocycles. The molecule has 2 atom stereocenters. The van der Waals surface area contributed by atoms with Crippen LogP contribution in [0.1, 0.15) is 18.5 Å². The Hall–Kier alpha value is -1.59. The number of benzene rings is 1. The van der Waals surface area contributed by atoms with Crippen LogP contribution >= 0.6 is 0 Å². The second-order valence-electron chi connectivity index (χ2n) is 4.46. The molecule has 0 radical (unpaired) electrons. The minimum atomic E-state index is -0.928. The van der Waals surface area contributed by atoms with E-state index in [9.17, 15) is 9.90 Å². The zero-order chi connectivity index (χ0) is 13.1. The van der Waals surface area contributed by atoms with E-state index in [1.807, 2.05) is 13.0 Å². The average Bonchev–Trinajstić information content (AvgIpc) is 2.38. The number of nitrogens with zero attached hydrogens (tertiary/aromatic N) is 1. The number of morpholine rings is 1.